The molecule has 1 heterocycles. The topological polar surface area (TPSA) is 60.4 Å². The predicted octanol–water partition coefficient (Wildman–Crippen LogP) is 2.14. The second-order valence-electron chi connectivity index (χ2n) is 4.28. The number of hydrogen-bond donors (Lipinski definition) is 2. The fourth-order valence-corrected chi connectivity index (χ4v) is 2.64. The predicted molar refractivity (Wildman–Crippen MR) is 73.2 cm³/mol. The molecule has 4 nitrogen and oxygen atoms in total. The molecule has 1 atom stereocenters. The Labute approximate surface area is 111 Å². The third kappa shape index (κ3) is 1.77. The number of aromatic nitrogens is 1. The Morgan fingerprint density at radius 2 is 2.17 bits per heavy atom. The number of nitrogens with zero attached hydrogens (tertiary/aromatic N) is 1. The highest BCUT2D eigenvalue weighted by molar-refractivity contribution is 6.35. The molecule has 98 valence electrons. The van der Waals surface area contributed by atoms with Gasteiger partial charge in [-0.05, 0) is 19.1 Å². The molecular formula is C13H17ClN2O2. The number of fused-ring (bicyclic) bond motifs is 1. The van der Waals surface area contributed by atoms with E-state index < -0.39 is 6.10 Å². The van der Waals surface area contributed by atoms with Gasteiger partial charge in [0.25, 0.3) is 0 Å². The van der Waals surface area contributed by atoms with Crippen LogP contribution < -0.4 is 10.5 Å². The van der Waals surface area contributed by atoms with Crippen molar-refractivity contribution in [3.63, 3.8) is 0 Å². The molecule has 1 unspecified atom stereocenters. The SMILES string of the molecule is COc1ccc(Cl)c2c1c(C(O)CN)c(C)n2C. The number of rotatable bonds is 3. The van der Waals surface area contributed by atoms with Crippen molar-refractivity contribution in [3.05, 3.63) is 28.4 Å². The summed E-state index contributed by atoms with van der Waals surface area (Å²) >= 11 is 6.24. The lowest BCUT2D eigenvalue weighted by Gasteiger charge is -2.10. The van der Waals surface area contributed by atoms with Crippen molar-refractivity contribution < 1.29 is 9.84 Å². The number of aryl methyl sites for hydroxylation is 1. The van der Waals surface area contributed by atoms with Gasteiger partial charge in [-0.15, -0.1) is 0 Å². The normalized spacial score (nSPS) is 13.0. The molecule has 2 rings (SSSR count). The summed E-state index contributed by atoms with van der Waals surface area (Å²) in [6, 6.07) is 3.59. The standard InChI is InChI=1S/C13H17ClN2O2/c1-7-11(9(17)6-15)12-10(18-3)5-4-8(14)13(12)16(7)2/h4-5,9,17H,6,15H2,1-3H3. The Morgan fingerprint density at radius 1 is 1.50 bits per heavy atom. The van der Waals surface area contributed by atoms with Crippen molar-refractivity contribution in [2.75, 3.05) is 13.7 Å². The van der Waals surface area contributed by atoms with Crippen LogP contribution in [0.4, 0.5) is 0 Å². The Bertz CT molecular complexity index is 592. The lowest BCUT2D eigenvalue weighted by atomic mass is 10.0. The second-order valence-corrected chi connectivity index (χ2v) is 4.69. The van der Waals surface area contributed by atoms with Gasteiger partial charge >= 0.3 is 0 Å². The van der Waals surface area contributed by atoms with E-state index in [0.717, 1.165) is 22.2 Å². The number of aliphatic hydroxyl groups is 1. The van der Waals surface area contributed by atoms with Gasteiger partial charge in [0.05, 0.1) is 23.8 Å². The zero-order valence-electron chi connectivity index (χ0n) is 10.7. The van der Waals surface area contributed by atoms with Gasteiger partial charge in [0.15, 0.2) is 0 Å². The molecule has 1 aromatic heterocycles. The molecule has 0 spiro atoms. The van der Waals surface area contributed by atoms with Crippen LogP contribution >= 0.6 is 11.6 Å². The molecule has 0 bridgehead atoms. The third-order valence-corrected chi connectivity index (χ3v) is 3.67. The lowest BCUT2D eigenvalue weighted by Crippen LogP contribution is -2.12. The zero-order valence-corrected chi connectivity index (χ0v) is 11.5. The van der Waals surface area contributed by atoms with E-state index >= 15 is 0 Å². The summed E-state index contributed by atoms with van der Waals surface area (Å²) in [7, 11) is 3.51. The van der Waals surface area contributed by atoms with E-state index in [0.29, 0.717) is 10.8 Å². The van der Waals surface area contributed by atoms with Crippen LogP contribution in [0.1, 0.15) is 17.4 Å². The molecule has 0 amide bonds. The van der Waals surface area contributed by atoms with Crippen molar-refractivity contribution >= 4 is 22.5 Å². The molecular weight excluding hydrogens is 252 g/mol. The lowest BCUT2D eigenvalue weighted by molar-refractivity contribution is 0.187. The van der Waals surface area contributed by atoms with Crippen LogP contribution in [0.3, 0.4) is 0 Å². The Balaban J connectivity index is 2.93. The van der Waals surface area contributed by atoms with E-state index in [1.807, 2.05) is 18.5 Å². The number of benzene rings is 1. The maximum atomic E-state index is 10.1. The number of nitrogens with two attached hydrogens (primary N) is 1. The summed E-state index contributed by atoms with van der Waals surface area (Å²) in [5.41, 5.74) is 8.15. The molecule has 0 radical (unpaired) electrons. The first-order valence-electron chi connectivity index (χ1n) is 5.72. The first-order chi connectivity index (χ1) is 8.52. The van der Waals surface area contributed by atoms with Crippen LogP contribution in [0.25, 0.3) is 10.9 Å². The van der Waals surface area contributed by atoms with Crippen molar-refractivity contribution in [2.45, 2.75) is 13.0 Å². The number of halogens is 1. The minimum atomic E-state index is -0.721. The maximum absolute atomic E-state index is 10.1. The van der Waals surface area contributed by atoms with Gasteiger partial charge < -0.3 is 20.1 Å². The Kier molecular flexibility index (Phi) is 3.52. The van der Waals surface area contributed by atoms with Gasteiger partial charge in [-0.3, -0.25) is 0 Å². The summed E-state index contributed by atoms with van der Waals surface area (Å²) in [6.07, 6.45) is -0.721. The largest absolute Gasteiger partial charge is 0.496 e. The highest BCUT2D eigenvalue weighted by Gasteiger charge is 2.22. The van der Waals surface area contributed by atoms with Crippen molar-refractivity contribution in [1.82, 2.24) is 4.57 Å². The van der Waals surface area contributed by atoms with E-state index in [4.69, 9.17) is 22.1 Å². The number of hydrogen-bond acceptors (Lipinski definition) is 3. The van der Waals surface area contributed by atoms with Crippen LogP contribution in [-0.2, 0) is 7.05 Å². The van der Waals surface area contributed by atoms with E-state index in [-0.39, 0.29) is 6.54 Å². The smallest absolute Gasteiger partial charge is 0.128 e. The van der Waals surface area contributed by atoms with Crippen LogP contribution in [0.15, 0.2) is 12.1 Å². The van der Waals surface area contributed by atoms with Gasteiger partial charge in [-0.2, -0.15) is 0 Å². The minimum absolute atomic E-state index is 0.162. The summed E-state index contributed by atoms with van der Waals surface area (Å²) < 4.78 is 7.31. The Morgan fingerprint density at radius 3 is 2.72 bits per heavy atom. The third-order valence-electron chi connectivity index (χ3n) is 3.36. The average Bonchev–Trinajstić information content (AvgIpc) is 2.63. The molecule has 1 aromatic carbocycles. The van der Waals surface area contributed by atoms with E-state index in [1.54, 1.807) is 19.2 Å². The minimum Gasteiger partial charge on any atom is -0.496 e. The molecule has 0 saturated carbocycles. The van der Waals surface area contributed by atoms with Crippen LogP contribution in [0.2, 0.25) is 5.02 Å². The average molecular weight is 269 g/mol. The Hall–Kier alpha value is -1.23. The van der Waals surface area contributed by atoms with Crippen LogP contribution in [0, 0.1) is 6.92 Å². The monoisotopic (exact) mass is 268 g/mol. The molecule has 0 fully saturated rings. The summed E-state index contributed by atoms with van der Waals surface area (Å²) in [5.74, 6) is 0.695. The first-order valence-corrected chi connectivity index (χ1v) is 6.10. The van der Waals surface area contributed by atoms with E-state index in [1.165, 1.54) is 0 Å². The number of methoxy groups -OCH3 is 1. The second kappa shape index (κ2) is 4.80. The van der Waals surface area contributed by atoms with Crippen molar-refractivity contribution in [1.29, 1.82) is 0 Å². The van der Waals surface area contributed by atoms with Gasteiger partial charge in [0.1, 0.15) is 5.75 Å². The molecule has 5 heteroatoms. The van der Waals surface area contributed by atoms with E-state index in [2.05, 4.69) is 0 Å². The van der Waals surface area contributed by atoms with E-state index in [9.17, 15) is 5.11 Å². The van der Waals surface area contributed by atoms with Gasteiger partial charge in [0.2, 0.25) is 0 Å². The highest BCUT2D eigenvalue weighted by Crippen LogP contribution is 2.39. The molecule has 0 aliphatic rings. The van der Waals surface area contributed by atoms with Crippen molar-refractivity contribution in [2.24, 2.45) is 12.8 Å². The summed E-state index contributed by atoms with van der Waals surface area (Å²) in [4.78, 5) is 0. The van der Waals surface area contributed by atoms with Crippen LogP contribution in [0.5, 0.6) is 5.75 Å². The van der Waals surface area contributed by atoms with Gasteiger partial charge in [0, 0.05) is 30.2 Å². The fourth-order valence-electron chi connectivity index (χ4n) is 2.36. The first kappa shape index (κ1) is 13.2. The van der Waals surface area contributed by atoms with Gasteiger partial charge in [-0.25, -0.2) is 0 Å². The van der Waals surface area contributed by atoms with Crippen molar-refractivity contribution in [3.8, 4) is 5.75 Å². The quantitative estimate of drug-likeness (QED) is 0.897. The summed E-state index contributed by atoms with van der Waals surface area (Å²) in [6.45, 7) is 2.10. The van der Waals surface area contributed by atoms with Crippen LogP contribution in [-0.4, -0.2) is 23.3 Å². The fraction of sp³-hybridized carbons (Fsp3) is 0.385. The maximum Gasteiger partial charge on any atom is 0.128 e. The number of aliphatic hydroxyl groups excluding tert-OH is 1. The molecule has 3 N–H and O–H groups in total. The highest BCUT2D eigenvalue weighted by atomic mass is 35.5. The summed E-state index contributed by atoms with van der Waals surface area (Å²) in [5, 5.41) is 11.6. The molecule has 0 aliphatic heterocycles. The van der Waals surface area contributed by atoms with Gasteiger partial charge in [-0.1, -0.05) is 11.6 Å². The molecule has 18 heavy (non-hydrogen) atoms. The molecule has 0 aliphatic carbocycles. The zero-order chi connectivity index (χ0) is 13.4. The number of ether oxygens (including phenoxy) is 1. The molecule has 2 aromatic rings. The molecule has 0 saturated heterocycles.